The van der Waals surface area contributed by atoms with Gasteiger partial charge in [0.05, 0.1) is 34.4 Å². The monoisotopic (exact) mass is 533 g/mol. The molecule has 4 rings (SSSR count). The first-order valence-electron chi connectivity index (χ1n) is 12.3. The molecule has 0 spiro atoms. The smallest absolute Gasteiger partial charge is 0.270 e. The van der Waals surface area contributed by atoms with Crippen LogP contribution in [0.2, 0.25) is 0 Å². The van der Waals surface area contributed by atoms with Gasteiger partial charge in [0, 0.05) is 34.7 Å². The molecule has 1 aliphatic heterocycles. The molecule has 0 aromatic heterocycles. The Hall–Kier alpha value is -4.68. The number of rotatable bonds is 7. The predicted octanol–water partition coefficient (Wildman–Crippen LogP) is 6.06. The van der Waals surface area contributed by atoms with Crippen LogP contribution < -0.4 is 4.90 Å². The summed E-state index contributed by atoms with van der Waals surface area (Å²) in [4.78, 5) is 5.35. The second kappa shape index (κ2) is 11.0. The minimum atomic E-state index is -4.38. The number of allylic oxidation sites excluding steroid dienone is 6. The Balaban J connectivity index is 1.91. The van der Waals surface area contributed by atoms with E-state index in [9.17, 15) is 23.5 Å². The average molecular weight is 534 g/mol. The van der Waals surface area contributed by atoms with Gasteiger partial charge in [0.2, 0.25) is 0 Å². The Morgan fingerprint density at radius 2 is 1.74 bits per heavy atom. The summed E-state index contributed by atoms with van der Waals surface area (Å²) < 4.78 is 34.0. The Bertz CT molecular complexity index is 1750. The summed E-state index contributed by atoms with van der Waals surface area (Å²) in [6.07, 6.45) is 3.53. The van der Waals surface area contributed by atoms with Crippen molar-refractivity contribution >= 4 is 32.2 Å². The highest BCUT2D eigenvalue weighted by Crippen LogP contribution is 2.50. The number of anilines is 1. The van der Waals surface area contributed by atoms with E-state index < -0.39 is 21.3 Å². The largest absolute Gasteiger partial charge is 0.748 e. The summed E-state index contributed by atoms with van der Waals surface area (Å²) in [6.45, 7) is 11.9. The van der Waals surface area contributed by atoms with E-state index in [-0.39, 0.29) is 29.8 Å². The van der Waals surface area contributed by atoms with Gasteiger partial charge in [-0.05, 0) is 46.5 Å². The molecular formula is C31H25N4O3S-. The third-order valence-corrected chi connectivity index (χ3v) is 7.63. The van der Waals surface area contributed by atoms with Gasteiger partial charge in [0.15, 0.2) is 0 Å². The second-order valence-corrected chi connectivity index (χ2v) is 11.2. The zero-order chi connectivity index (χ0) is 28.2. The fourth-order valence-corrected chi connectivity index (χ4v) is 5.66. The average Bonchev–Trinajstić information content (AvgIpc) is 3.14. The summed E-state index contributed by atoms with van der Waals surface area (Å²) in [5.41, 5.74) is 3.00. The number of fused-ring (bicyclic) bond motifs is 3. The first-order valence-corrected chi connectivity index (χ1v) is 13.8. The van der Waals surface area contributed by atoms with Gasteiger partial charge in [-0.1, -0.05) is 74.5 Å². The zero-order valence-corrected chi connectivity index (χ0v) is 22.4. The Kier molecular flexibility index (Phi) is 7.70. The van der Waals surface area contributed by atoms with E-state index in [1.165, 1.54) is 0 Å². The fraction of sp³-hybridized carbons (Fsp3) is 0.194. The lowest BCUT2D eigenvalue weighted by Gasteiger charge is -2.27. The predicted molar refractivity (Wildman–Crippen MR) is 151 cm³/mol. The topological polar surface area (TPSA) is 112 Å². The SMILES string of the molecule is [C-]#[N+]/C(C#N)=C(/C(C#N)=C/C=C1/N(CCCS(=O)(=O)[O-])c2ccc3ccccc3c2C1(C)C)c1ccccc1. The molecule has 7 nitrogen and oxygen atoms in total. The summed E-state index contributed by atoms with van der Waals surface area (Å²) in [6, 6.07) is 24.9. The van der Waals surface area contributed by atoms with Crippen molar-refractivity contribution in [2.75, 3.05) is 17.2 Å². The van der Waals surface area contributed by atoms with Gasteiger partial charge in [-0.3, -0.25) is 0 Å². The molecule has 0 saturated carbocycles. The van der Waals surface area contributed by atoms with Crippen LogP contribution in [0.5, 0.6) is 0 Å². The van der Waals surface area contributed by atoms with Gasteiger partial charge in [0.1, 0.15) is 0 Å². The van der Waals surface area contributed by atoms with Crippen molar-refractivity contribution in [1.29, 1.82) is 10.5 Å². The van der Waals surface area contributed by atoms with E-state index >= 15 is 0 Å². The molecule has 1 heterocycles. The van der Waals surface area contributed by atoms with Crippen LogP contribution in [-0.4, -0.2) is 25.3 Å². The molecule has 39 heavy (non-hydrogen) atoms. The van der Waals surface area contributed by atoms with Crippen LogP contribution in [0, 0.1) is 29.2 Å². The van der Waals surface area contributed by atoms with Crippen LogP contribution in [0.3, 0.4) is 0 Å². The van der Waals surface area contributed by atoms with Crippen LogP contribution >= 0.6 is 0 Å². The number of nitrogens with zero attached hydrogens (tertiary/aromatic N) is 4. The maximum absolute atomic E-state index is 11.3. The maximum Gasteiger partial charge on any atom is 0.270 e. The number of nitriles is 2. The summed E-state index contributed by atoms with van der Waals surface area (Å²) in [5.74, 6) is -0.489. The number of benzene rings is 3. The lowest BCUT2D eigenvalue weighted by molar-refractivity contribution is 0.461. The van der Waals surface area contributed by atoms with E-state index in [0.29, 0.717) is 5.56 Å². The first-order chi connectivity index (χ1) is 18.6. The molecule has 0 aliphatic carbocycles. The highest BCUT2D eigenvalue weighted by molar-refractivity contribution is 7.85. The molecule has 0 amide bonds. The summed E-state index contributed by atoms with van der Waals surface area (Å²) >= 11 is 0. The molecule has 3 aromatic rings. The normalized spacial score (nSPS) is 16.3. The second-order valence-electron chi connectivity index (χ2n) is 9.63. The summed E-state index contributed by atoms with van der Waals surface area (Å²) in [7, 11) is -4.38. The molecule has 3 aromatic carbocycles. The molecule has 1 aliphatic rings. The molecule has 8 heteroatoms. The molecule has 194 valence electrons. The van der Waals surface area contributed by atoms with Gasteiger partial charge >= 0.3 is 0 Å². The van der Waals surface area contributed by atoms with Crippen molar-refractivity contribution in [2.24, 2.45) is 0 Å². The quantitative estimate of drug-likeness (QED) is 0.158. The standard InChI is InChI=1S/C31H26N4O3S/c1-31(2)28(17-15-24(20-32)29(26(21-33)34-3)23-11-5-4-6-12-23)35(18-9-19-39(36,37)38)27-16-14-22-10-7-8-13-25(22)30(27)31/h4-8,10-17H,9,18-19H2,1-2H3,(H,36,37,38)/p-1/b24-15+,28-17+,29-26+. The number of hydrogen-bond acceptors (Lipinski definition) is 6. The molecule has 0 N–H and O–H groups in total. The van der Waals surface area contributed by atoms with Gasteiger partial charge in [-0.2, -0.15) is 5.26 Å². The third-order valence-electron chi connectivity index (χ3n) is 6.84. The fourth-order valence-electron chi connectivity index (χ4n) is 5.18. The van der Waals surface area contributed by atoms with E-state index in [0.717, 1.165) is 27.7 Å². The van der Waals surface area contributed by atoms with Crippen molar-refractivity contribution in [3.05, 3.63) is 118 Å². The molecule has 0 radical (unpaired) electrons. The van der Waals surface area contributed by atoms with Gasteiger partial charge in [-0.25, -0.2) is 18.5 Å². The van der Waals surface area contributed by atoms with Crippen molar-refractivity contribution in [1.82, 2.24) is 0 Å². The van der Waals surface area contributed by atoms with Crippen LogP contribution in [-0.2, 0) is 15.5 Å². The molecular weight excluding hydrogens is 508 g/mol. The Morgan fingerprint density at radius 1 is 1.05 bits per heavy atom. The lowest BCUT2D eigenvalue weighted by atomic mass is 9.81. The molecule has 0 bridgehead atoms. The highest BCUT2D eigenvalue weighted by Gasteiger charge is 2.41. The maximum atomic E-state index is 11.3. The first kappa shape index (κ1) is 27.4. The van der Waals surface area contributed by atoms with Crippen LogP contribution in [0.1, 0.15) is 31.4 Å². The number of hydrogen-bond donors (Lipinski definition) is 0. The van der Waals surface area contributed by atoms with Gasteiger partial charge < -0.3 is 9.45 Å². The van der Waals surface area contributed by atoms with Crippen molar-refractivity contribution in [3.8, 4) is 12.1 Å². The van der Waals surface area contributed by atoms with E-state index in [4.69, 9.17) is 6.57 Å². The van der Waals surface area contributed by atoms with E-state index in [1.807, 2.05) is 53.4 Å². The molecule has 0 fully saturated rings. The van der Waals surface area contributed by atoms with Crippen LogP contribution in [0.15, 0.2) is 95.8 Å². The molecule has 0 unspecified atom stereocenters. The zero-order valence-electron chi connectivity index (χ0n) is 21.5. The van der Waals surface area contributed by atoms with Crippen molar-refractivity contribution < 1.29 is 13.0 Å². The van der Waals surface area contributed by atoms with Crippen molar-refractivity contribution in [2.45, 2.75) is 25.7 Å². The highest BCUT2D eigenvalue weighted by atomic mass is 32.2. The minimum Gasteiger partial charge on any atom is -0.748 e. The van der Waals surface area contributed by atoms with Crippen LogP contribution in [0.4, 0.5) is 5.69 Å². The van der Waals surface area contributed by atoms with E-state index in [2.05, 4.69) is 24.8 Å². The van der Waals surface area contributed by atoms with Crippen molar-refractivity contribution in [3.63, 3.8) is 0 Å². The molecule has 0 saturated heterocycles. The van der Waals surface area contributed by atoms with Gasteiger partial charge in [0.25, 0.3) is 5.70 Å². The summed E-state index contributed by atoms with van der Waals surface area (Å²) in [5, 5.41) is 21.9. The molecule has 0 atom stereocenters. The lowest BCUT2D eigenvalue weighted by Crippen LogP contribution is -2.28. The van der Waals surface area contributed by atoms with E-state index in [1.54, 1.807) is 36.4 Å². The van der Waals surface area contributed by atoms with Gasteiger partial charge in [-0.15, -0.1) is 0 Å². The Morgan fingerprint density at radius 3 is 2.38 bits per heavy atom. The third kappa shape index (κ3) is 5.47. The van der Waals surface area contributed by atoms with Crippen LogP contribution in [0.25, 0.3) is 21.2 Å². The Labute approximate surface area is 228 Å². The minimum absolute atomic E-state index is 0.131.